The predicted octanol–water partition coefficient (Wildman–Crippen LogP) is 6.33. The number of carbonyl (C=O) groups excluding carboxylic acids is 2. The molecule has 1 aliphatic rings. The van der Waals surface area contributed by atoms with E-state index in [4.69, 9.17) is 15.2 Å². The molecule has 1 aliphatic heterocycles. The molecular formula is C38H44N4O6S. The summed E-state index contributed by atoms with van der Waals surface area (Å²) in [6, 6.07) is 28.1. The maximum Gasteiger partial charge on any atom is 0.251 e. The molecule has 5 rings (SSSR count). The largest absolute Gasteiger partial charge is 0.618 e. The van der Waals surface area contributed by atoms with Crippen LogP contribution in [0.4, 0.5) is 11.4 Å². The molecule has 0 unspecified atom stereocenters. The zero-order valence-electron chi connectivity index (χ0n) is 27.5. The van der Waals surface area contributed by atoms with E-state index in [1.807, 2.05) is 66.7 Å². The van der Waals surface area contributed by atoms with Gasteiger partial charge in [-0.05, 0) is 47.7 Å². The van der Waals surface area contributed by atoms with Crippen LogP contribution >= 0.6 is 11.8 Å². The lowest BCUT2D eigenvalue weighted by molar-refractivity contribution is -0.645. The standard InChI is InChI=1S/C38H44N4O6S/c39-32-9-5-6-10-33(32)41-36(45)12-4-2-1-3-11-35(44)40-24-27-14-20-30(21-15-27)38-47-31(26-49-37-13-7-8-22-42(37)46)23-34(48-38)29-18-16-28(25-43)17-19-29/h5-10,13-22,31,34,38,43H,1-4,11-12,23-26,39H2,(H,40,44)(H,41,45)/t31-,34+,38+/m0/s1. The lowest BCUT2D eigenvalue weighted by Crippen LogP contribution is -2.32. The number of hydrogen-bond acceptors (Lipinski definition) is 8. The lowest BCUT2D eigenvalue weighted by atomic mass is 10.0. The molecule has 1 aromatic heterocycles. The number of thioether (sulfide) groups is 1. The Labute approximate surface area is 291 Å². The van der Waals surface area contributed by atoms with Gasteiger partial charge in [0.1, 0.15) is 0 Å². The Kier molecular flexibility index (Phi) is 13.5. The van der Waals surface area contributed by atoms with Crippen LogP contribution in [-0.4, -0.2) is 28.8 Å². The van der Waals surface area contributed by atoms with Crippen molar-refractivity contribution in [3.8, 4) is 0 Å². The van der Waals surface area contributed by atoms with E-state index in [1.54, 1.807) is 24.3 Å². The lowest BCUT2D eigenvalue weighted by Gasteiger charge is -2.36. The van der Waals surface area contributed by atoms with Crippen molar-refractivity contribution in [1.29, 1.82) is 0 Å². The Morgan fingerprint density at radius 2 is 1.51 bits per heavy atom. The van der Waals surface area contributed by atoms with Gasteiger partial charge in [0.15, 0.2) is 12.5 Å². The average molecular weight is 685 g/mol. The van der Waals surface area contributed by atoms with E-state index in [2.05, 4.69) is 10.6 Å². The van der Waals surface area contributed by atoms with Crippen LogP contribution in [0.15, 0.2) is 102 Å². The molecule has 3 atom stereocenters. The number of unbranched alkanes of at least 4 members (excludes halogenated alkanes) is 3. The number of nitrogens with two attached hydrogens (primary N) is 1. The van der Waals surface area contributed by atoms with Gasteiger partial charge >= 0.3 is 0 Å². The van der Waals surface area contributed by atoms with E-state index in [1.165, 1.54) is 18.0 Å². The van der Waals surface area contributed by atoms with Crippen LogP contribution in [0.2, 0.25) is 0 Å². The quantitative estimate of drug-likeness (QED) is 0.0352. The Bertz CT molecular complexity index is 1650. The third-order valence-electron chi connectivity index (χ3n) is 8.35. The van der Waals surface area contributed by atoms with Gasteiger partial charge in [-0.25, -0.2) is 0 Å². The molecule has 2 heterocycles. The monoisotopic (exact) mass is 684 g/mol. The highest BCUT2D eigenvalue weighted by Gasteiger charge is 2.32. The van der Waals surface area contributed by atoms with Crippen molar-refractivity contribution in [2.45, 2.75) is 81.6 Å². The second-order valence-corrected chi connectivity index (χ2v) is 13.1. The smallest absolute Gasteiger partial charge is 0.251 e. The molecule has 258 valence electrons. The fourth-order valence-corrected chi connectivity index (χ4v) is 6.49. The summed E-state index contributed by atoms with van der Waals surface area (Å²) >= 11 is 1.45. The van der Waals surface area contributed by atoms with Crippen LogP contribution in [0, 0.1) is 5.21 Å². The minimum Gasteiger partial charge on any atom is -0.618 e. The number of carbonyl (C=O) groups is 2. The van der Waals surface area contributed by atoms with Crippen molar-refractivity contribution < 1.29 is 28.9 Å². The minimum atomic E-state index is -0.608. The molecule has 0 radical (unpaired) electrons. The highest BCUT2D eigenvalue weighted by Crippen LogP contribution is 2.39. The summed E-state index contributed by atoms with van der Waals surface area (Å²) in [6.45, 7) is 0.392. The van der Waals surface area contributed by atoms with Gasteiger partial charge < -0.3 is 36.2 Å². The first kappa shape index (κ1) is 35.9. The molecule has 1 fully saturated rings. The van der Waals surface area contributed by atoms with Crippen LogP contribution in [0.3, 0.4) is 0 Å². The number of hydrogen-bond donors (Lipinski definition) is 4. The number of ether oxygens (including phenoxy) is 2. The maximum atomic E-state index is 12.5. The minimum absolute atomic E-state index is 0.00599. The Morgan fingerprint density at radius 3 is 2.22 bits per heavy atom. The van der Waals surface area contributed by atoms with Crippen LogP contribution in [-0.2, 0) is 32.2 Å². The second kappa shape index (κ2) is 18.4. The number of nitrogens with one attached hydrogen (secondary N) is 2. The summed E-state index contributed by atoms with van der Waals surface area (Å²) in [7, 11) is 0. The highest BCUT2D eigenvalue weighted by atomic mass is 32.2. The highest BCUT2D eigenvalue weighted by molar-refractivity contribution is 7.99. The van der Waals surface area contributed by atoms with Crippen molar-refractivity contribution >= 4 is 35.0 Å². The summed E-state index contributed by atoms with van der Waals surface area (Å²) in [5.74, 6) is 0.519. The van der Waals surface area contributed by atoms with Gasteiger partial charge in [-0.2, -0.15) is 4.73 Å². The zero-order chi connectivity index (χ0) is 34.4. The van der Waals surface area contributed by atoms with E-state index in [-0.39, 0.29) is 30.6 Å². The Hall–Kier alpha value is -4.42. The Balaban J connectivity index is 1.06. The molecule has 4 aromatic rings. The summed E-state index contributed by atoms with van der Waals surface area (Å²) in [5.41, 5.74) is 10.7. The van der Waals surface area contributed by atoms with Crippen LogP contribution in [0.5, 0.6) is 0 Å². The fourth-order valence-electron chi connectivity index (χ4n) is 5.56. The summed E-state index contributed by atoms with van der Waals surface area (Å²) in [4.78, 5) is 24.6. The molecule has 0 saturated carbocycles. The van der Waals surface area contributed by atoms with Gasteiger partial charge in [0, 0.05) is 49.3 Å². The van der Waals surface area contributed by atoms with Gasteiger partial charge in [-0.3, -0.25) is 9.59 Å². The number of rotatable bonds is 16. The van der Waals surface area contributed by atoms with E-state index >= 15 is 0 Å². The van der Waals surface area contributed by atoms with Crippen molar-refractivity contribution in [3.63, 3.8) is 0 Å². The average Bonchev–Trinajstić information content (AvgIpc) is 3.13. The predicted molar refractivity (Wildman–Crippen MR) is 190 cm³/mol. The van der Waals surface area contributed by atoms with E-state index in [0.717, 1.165) is 52.7 Å². The van der Waals surface area contributed by atoms with Crippen LogP contribution < -0.4 is 21.1 Å². The maximum absolute atomic E-state index is 12.5. The first-order valence-corrected chi connectivity index (χ1v) is 17.7. The van der Waals surface area contributed by atoms with Gasteiger partial charge in [0.05, 0.1) is 30.2 Å². The van der Waals surface area contributed by atoms with Gasteiger partial charge in [0.25, 0.3) is 5.03 Å². The van der Waals surface area contributed by atoms with Crippen molar-refractivity contribution in [2.24, 2.45) is 0 Å². The number of benzene rings is 3. The molecule has 3 aromatic carbocycles. The van der Waals surface area contributed by atoms with Crippen LogP contribution in [0.1, 0.15) is 79.6 Å². The molecule has 49 heavy (non-hydrogen) atoms. The van der Waals surface area contributed by atoms with E-state index in [0.29, 0.717) is 48.0 Å². The number of aliphatic hydroxyl groups is 1. The number of aliphatic hydroxyl groups excluding tert-OH is 1. The number of nitrogen functional groups attached to an aromatic ring is 1. The number of aromatic nitrogens is 1. The summed E-state index contributed by atoms with van der Waals surface area (Å²) in [6.07, 6.45) is 5.22. The second-order valence-electron chi connectivity index (χ2n) is 12.1. The first-order chi connectivity index (χ1) is 23.9. The first-order valence-electron chi connectivity index (χ1n) is 16.7. The molecular weight excluding hydrogens is 641 g/mol. The number of nitrogens with zero attached hydrogens (tertiary/aromatic N) is 1. The Morgan fingerprint density at radius 1 is 0.837 bits per heavy atom. The molecule has 10 nitrogen and oxygen atoms in total. The van der Waals surface area contributed by atoms with Crippen molar-refractivity contribution in [1.82, 2.24) is 5.32 Å². The fraction of sp³-hybridized carbons (Fsp3) is 0.342. The summed E-state index contributed by atoms with van der Waals surface area (Å²) in [5, 5.41) is 28.1. The summed E-state index contributed by atoms with van der Waals surface area (Å²) < 4.78 is 13.7. The molecule has 2 amide bonds. The van der Waals surface area contributed by atoms with Crippen molar-refractivity contribution in [3.05, 3.63) is 125 Å². The molecule has 5 N–H and O–H groups in total. The molecule has 0 spiro atoms. The molecule has 0 aliphatic carbocycles. The molecule has 0 bridgehead atoms. The topological polar surface area (TPSA) is 150 Å². The van der Waals surface area contributed by atoms with Gasteiger partial charge in [-0.1, -0.05) is 85.3 Å². The third-order valence-corrected chi connectivity index (χ3v) is 9.51. The number of pyridine rings is 1. The SMILES string of the molecule is Nc1ccccc1NC(=O)CCCCCCC(=O)NCc1ccc([C@@H]2O[C@H](CSc3cccc[n+]3[O-])C[C@H](c3ccc(CO)cc3)O2)cc1. The number of amides is 2. The zero-order valence-corrected chi connectivity index (χ0v) is 28.3. The third kappa shape index (κ3) is 11.0. The van der Waals surface area contributed by atoms with Gasteiger partial charge in [0.2, 0.25) is 11.8 Å². The number of para-hydroxylation sites is 2. The molecule has 1 saturated heterocycles. The van der Waals surface area contributed by atoms with E-state index < -0.39 is 6.29 Å². The normalized spacial score (nSPS) is 17.4. The van der Waals surface area contributed by atoms with Crippen molar-refractivity contribution in [2.75, 3.05) is 16.8 Å². The van der Waals surface area contributed by atoms with E-state index in [9.17, 15) is 19.9 Å². The van der Waals surface area contributed by atoms with Crippen LogP contribution in [0.25, 0.3) is 0 Å². The van der Waals surface area contributed by atoms with Gasteiger partial charge in [-0.15, -0.1) is 0 Å². The number of anilines is 2. The molecule has 11 heteroatoms.